The second-order valence-electron chi connectivity index (χ2n) is 5.67. The smallest absolute Gasteiger partial charge is 0.203 e. The number of methoxy groups -OCH3 is 4. The summed E-state index contributed by atoms with van der Waals surface area (Å²) in [5.74, 6) is 2.17. The fourth-order valence-electron chi connectivity index (χ4n) is 2.75. The van der Waals surface area contributed by atoms with Gasteiger partial charge in [-0.05, 0) is 42.0 Å². The average molecular weight is 368 g/mol. The Labute approximate surface area is 156 Å². The highest BCUT2D eigenvalue weighted by atomic mass is 16.5. The van der Waals surface area contributed by atoms with Gasteiger partial charge in [0.05, 0.1) is 39.4 Å². The minimum absolute atomic E-state index is 0.140. The summed E-state index contributed by atoms with van der Waals surface area (Å²) in [4.78, 5) is 12.7. The molecule has 140 valence electrons. The van der Waals surface area contributed by atoms with Gasteiger partial charge in [0.2, 0.25) is 5.75 Å². The predicted octanol–water partition coefficient (Wildman–Crippen LogP) is 4.00. The monoisotopic (exact) mass is 368 g/mol. The Balaban J connectivity index is 2.03. The zero-order valence-electron chi connectivity index (χ0n) is 15.6. The van der Waals surface area contributed by atoms with Crippen LogP contribution in [0.25, 0.3) is 23.1 Å². The highest BCUT2D eigenvalue weighted by molar-refractivity contribution is 5.82. The first-order valence-electron chi connectivity index (χ1n) is 8.19. The standard InChI is InChI=1S/C21H20O6/c1-23-15-7-8-17-16(11-15)20(22)14(12-27-17)6-5-13-9-18(24-2)21(26-4)19(10-13)25-3/h5-12H,1-4H3/b6-5+. The van der Waals surface area contributed by atoms with E-state index in [1.807, 2.05) is 0 Å². The van der Waals surface area contributed by atoms with E-state index in [0.717, 1.165) is 5.56 Å². The lowest BCUT2D eigenvalue weighted by molar-refractivity contribution is 0.324. The summed E-state index contributed by atoms with van der Waals surface area (Å²) in [6.07, 6.45) is 4.90. The van der Waals surface area contributed by atoms with Crippen molar-refractivity contribution in [1.82, 2.24) is 0 Å². The second-order valence-corrected chi connectivity index (χ2v) is 5.67. The van der Waals surface area contributed by atoms with Crippen LogP contribution >= 0.6 is 0 Å². The molecule has 6 heteroatoms. The zero-order chi connectivity index (χ0) is 19.4. The maximum atomic E-state index is 12.7. The van der Waals surface area contributed by atoms with Crippen LogP contribution in [0.15, 0.2) is 45.8 Å². The molecule has 2 aromatic carbocycles. The van der Waals surface area contributed by atoms with Crippen molar-refractivity contribution in [3.63, 3.8) is 0 Å². The molecule has 1 aromatic heterocycles. The molecule has 3 rings (SSSR count). The van der Waals surface area contributed by atoms with E-state index < -0.39 is 0 Å². The van der Waals surface area contributed by atoms with Crippen molar-refractivity contribution >= 4 is 23.1 Å². The summed E-state index contributed by atoms with van der Waals surface area (Å²) in [5.41, 5.74) is 1.57. The van der Waals surface area contributed by atoms with E-state index in [9.17, 15) is 4.79 Å². The Hall–Kier alpha value is -3.41. The molecule has 0 N–H and O–H groups in total. The van der Waals surface area contributed by atoms with Gasteiger partial charge in [-0.15, -0.1) is 0 Å². The van der Waals surface area contributed by atoms with Crippen LogP contribution in [-0.4, -0.2) is 28.4 Å². The molecule has 0 atom stereocenters. The predicted molar refractivity (Wildman–Crippen MR) is 104 cm³/mol. The molecule has 0 aliphatic carbocycles. The third-order valence-electron chi connectivity index (χ3n) is 4.15. The molecule has 0 aliphatic rings. The van der Waals surface area contributed by atoms with Crippen molar-refractivity contribution in [2.45, 2.75) is 0 Å². The average Bonchev–Trinajstić information content (AvgIpc) is 2.72. The molecule has 0 aliphatic heterocycles. The number of fused-ring (bicyclic) bond motifs is 1. The maximum absolute atomic E-state index is 12.7. The van der Waals surface area contributed by atoms with Gasteiger partial charge in [-0.25, -0.2) is 0 Å². The van der Waals surface area contributed by atoms with Gasteiger partial charge < -0.3 is 23.4 Å². The minimum Gasteiger partial charge on any atom is -0.497 e. The number of ether oxygens (including phenoxy) is 4. The van der Waals surface area contributed by atoms with Crippen LogP contribution in [0.5, 0.6) is 23.0 Å². The van der Waals surface area contributed by atoms with Gasteiger partial charge in [0.15, 0.2) is 16.9 Å². The first-order chi connectivity index (χ1) is 13.1. The van der Waals surface area contributed by atoms with Gasteiger partial charge in [-0.1, -0.05) is 6.08 Å². The van der Waals surface area contributed by atoms with Gasteiger partial charge in [0.25, 0.3) is 0 Å². The third kappa shape index (κ3) is 3.60. The number of rotatable bonds is 6. The Morgan fingerprint density at radius 1 is 0.852 bits per heavy atom. The number of benzene rings is 2. The molecule has 0 unspecified atom stereocenters. The third-order valence-corrected chi connectivity index (χ3v) is 4.15. The van der Waals surface area contributed by atoms with Crippen LogP contribution in [0.3, 0.4) is 0 Å². The van der Waals surface area contributed by atoms with Crippen LogP contribution in [0.1, 0.15) is 11.1 Å². The molecule has 0 saturated carbocycles. The topological polar surface area (TPSA) is 67.1 Å². The molecule has 0 amide bonds. The highest BCUT2D eigenvalue weighted by Gasteiger charge is 2.12. The Kier molecular flexibility index (Phi) is 5.35. The van der Waals surface area contributed by atoms with E-state index in [0.29, 0.717) is 39.5 Å². The van der Waals surface area contributed by atoms with Crippen molar-refractivity contribution in [3.8, 4) is 23.0 Å². The van der Waals surface area contributed by atoms with E-state index in [4.69, 9.17) is 23.4 Å². The summed E-state index contributed by atoms with van der Waals surface area (Å²) in [5, 5.41) is 0.460. The van der Waals surface area contributed by atoms with Crippen molar-refractivity contribution in [3.05, 3.63) is 57.9 Å². The SMILES string of the molecule is COc1ccc2occ(/C=C/c3cc(OC)c(OC)c(OC)c3)c(=O)c2c1. The fourth-order valence-corrected chi connectivity index (χ4v) is 2.75. The van der Waals surface area contributed by atoms with Crippen molar-refractivity contribution in [1.29, 1.82) is 0 Å². The van der Waals surface area contributed by atoms with Gasteiger partial charge in [0.1, 0.15) is 17.6 Å². The van der Waals surface area contributed by atoms with Crippen LogP contribution in [-0.2, 0) is 0 Å². The summed E-state index contributed by atoms with van der Waals surface area (Å²) < 4.78 is 26.7. The second kappa shape index (κ2) is 7.86. The first-order valence-corrected chi connectivity index (χ1v) is 8.19. The number of hydrogen-bond acceptors (Lipinski definition) is 6. The Bertz CT molecular complexity index is 1020. The Morgan fingerprint density at radius 2 is 1.56 bits per heavy atom. The van der Waals surface area contributed by atoms with Gasteiger partial charge in [-0.2, -0.15) is 0 Å². The molecular formula is C21H20O6. The molecule has 3 aromatic rings. The highest BCUT2D eigenvalue weighted by Crippen LogP contribution is 2.38. The van der Waals surface area contributed by atoms with Crippen LogP contribution in [0, 0.1) is 0 Å². The van der Waals surface area contributed by atoms with E-state index in [-0.39, 0.29) is 5.43 Å². The summed E-state index contributed by atoms with van der Waals surface area (Å²) in [6.45, 7) is 0. The van der Waals surface area contributed by atoms with Crippen LogP contribution in [0.2, 0.25) is 0 Å². The van der Waals surface area contributed by atoms with Gasteiger partial charge in [0, 0.05) is 0 Å². The molecule has 6 nitrogen and oxygen atoms in total. The lowest BCUT2D eigenvalue weighted by Gasteiger charge is -2.12. The van der Waals surface area contributed by atoms with E-state index in [1.165, 1.54) is 6.26 Å². The van der Waals surface area contributed by atoms with E-state index in [2.05, 4.69) is 0 Å². The van der Waals surface area contributed by atoms with Gasteiger partial charge >= 0.3 is 0 Å². The molecule has 0 bridgehead atoms. The molecule has 0 spiro atoms. The van der Waals surface area contributed by atoms with Crippen LogP contribution < -0.4 is 24.4 Å². The molecule has 27 heavy (non-hydrogen) atoms. The summed E-state index contributed by atoms with van der Waals surface area (Å²) in [6, 6.07) is 8.71. The largest absolute Gasteiger partial charge is 0.497 e. The van der Waals surface area contributed by atoms with Crippen molar-refractivity contribution < 1.29 is 23.4 Å². The quantitative estimate of drug-likeness (QED) is 0.655. The molecule has 0 radical (unpaired) electrons. The molecule has 0 fully saturated rings. The van der Waals surface area contributed by atoms with Gasteiger partial charge in [-0.3, -0.25) is 4.79 Å². The zero-order valence-corrected chi connectivity index (χ0v) is 15.6. The first kappa shape index (κ1) is 18.4. The van der Waals surface area contributed by atoms with Crippen molar-refractivity contribution in [2.75, 3.05) is 28.4 Å². The summed E-state index contributed by atoms with van der Waals surface area (Å²) in [7, 11) is 6.20. The molecule has 0 saturated heterocycles. The van der Waals surface area contributed by atoms with Crippen LogP contribution in [0.4, 0.5) is 0 Å². The van der Waals surface area contributed by atoms with Crippen molar-refractivity contribution in [2.24, 2.45) is 0 Å². The summed E-state index contributed by atoms with van der Waals surface area (Å²) >= 11 is 0. The molecular weight excluding hydrogens is 348 g/mol. The maximum Gasteiger partial charge on any atom is 0.203 e. The van der Waals surface area contributed by atoms with E-state index in [1.54, 1.807) is 70.9 Å². The Morgan fingerprint density at radius 3 is 2.15 bits per heavy atom. The van der Waals surface area contributed by atoms with E-state index >= 15 is 0 Å². The normalized spacial score (nSPS) is 11.0. The fraction of sp³-hybridized carbons (Fsp3) is 0.190. The lowest BCUT2D eigenvalue weighted by Crippen LogP contribution is -2.04. The lowest BCUT2D eigenvalue weighted by atomic mass is 10.1. The minimum atomic E-state index is -0.140. The molecule has 1 heterocycles. The number of hydrogen-bond donors (Lipinski definition) is 0.